The first kappa shape index (κ1) is 22.7. The van der Waals surface area contributed by atoms with Gasteiger partial charge in [0, 0.05) is 13.1 Å². The zero-order chi connectivity index (χ0) is 22.3. The fourth-order valence-electron chi connectivity index (χ4n) is 4.31. The molecule has 8 heteroatoms. The van der Waals surface area contributed by atoms with Crippen molar-refractivity contribution in [2.45, 2.75) is 83.8 Å². The Hall–Kier alpha value is -1.96. The van der Waals surface area contributed by atoms with Crippen LogP contribution < -0.4 is 16.4 Å². The van der Waals surface area contributed by atoms with Gasteiger partial charge in [-0.05, 0) is 49.4 Å². The van der Waals surface area contributed by atoms with Crippen LogP contribution in [-0.4, -0.2) is 59.1 Å². The first-order chi connectivity index (χ1) is 14.0. The van der Waals surface area contributed by atoms with Crippen molar-refractivity contribution in [2.75, 3.05) is 13.1 Å². The lowest BCUT2D eigenvalue weighted by Crippen LogP contribution is -2.58. The Labute approximate surface area is 178 Å². The Morgan fingerprint density at radius 2 is 1.83 bits per heavy atom. The summed E-state index contributed by atoms with van der Waals surface area (Å²) in [6, 6.07) is -1.36. The fraction of sp³-hybridized carbons (Fsp3) is 0.818. The molecule has 1 aliphatic heterocycles. The number of carbonyl (C=O) groups is 4. The van der Waals surface area contributed by atoms with Crippen molar-refractivity contribution >= 4 is 23.5 Å². The van der Waals surface area contributed by atoms with Crippen LogP contribution in [0.25, 0.3) is 0 Å². The van der Waals surface area contributed by atoms with E-state index in [1.165, 1.54) is 0 Å². The van der Waals surface area contributed by atoms with E-state index in [4.69, 9.17) is 5.73 Å². The van der Waals surface area contributed by atoms with Gasteiger partial charge in [0.05, 0.1) is 6.04 Å². The van der Waals surface area contributed by atoms with Gasteiger partial charge in [-0.1, -0.05) is 34.1 Å². The molecule has 3 fully saturated rings. The smallest absolute Gasteiger partial charge is 0.289 e. The molecule has 0 unspecified atom stereocenters. The van der Waals surface area contributed by atoms with Crippen LogP contribution in [0.4, 0.5) is 0 Å². The van der Waals surface area contributed by atoms with Crippen LogP contribution in [0.1, 0.15) is 66.2 Å². The van der Waals surface area contributed by atoms with Gasteiger partial charge in [0.25, 0.3) is 5.91 Å². The van der Waals surface area contributed by atoms with E-state index in [-0.39, 0.29) is 17.7 Å². The van der Waals surface area contributed by atoms with Crippen molar-refractivity contribution in [1.29, 1.82) is 0 Å². The molecular weight excluding hydrogens is 384 g/mol. The zero-order valence-corrected chi connectivity index (χ0v) is 18.6. The van der Waals surface area contributed by atoms with Gasteiger partial charge >= 0.3 is 0 Å². The summed E-state index contributed by atoms with van der Waals surface area (Å²) in [5, 5.41) is 5.59. The average molecular weight is 421 g/mol. The summed E-state index contributed by atoms with van der Waals surface area (Å²) in [7, 11) is 0. The minimum atomic E-state index is -1.14. The van der Waals surface area contributed by atoms with Gasteiger partial charge in [-0.2, -0.15) is 0 Å². The molecule has 30 heavy (non-hydrogen) atoms. The maximum Gasteiger partial charge on any atom is 0.289 e. The average Bonchev–Trinajstić information content (AvgIpc) is 3.60. The van der Waals surface area contributed by atoms with E-state index in [0.29, 0.717) is 44.7 Å². The molecule has 4 atom stereocenters. The van der Waals surface area contributed by atoms with Crippen molar-refractivity contribution < 1.29 is 19.2 Å². The lowest BCUT2D eigenvalue weighted by Gasteiger charge is -2.33. The number of hydrogen-bond donors (Lipinski definition) is 3. The molecule has 4 N–H and O–H groups in total. The third kappa shape index (κ3) is 4.53. The van der Waals surface area contributed by atoms with E-state index in [1.54, 1.807) is 4.90 Å². The van der Waals surface area contributed by atoms with Crippen LogP contribution >= 0.6 is 0 Å². The lowest BCUT2D eigenvalue weighted by atomic mass is 9.86. The number of nitrogens with two attached hydrogens (primary N) is 1. The van der Waals surface area contributed by atoms with Crippen molar-refractivity contribution in [3.63, 3.8) is 0 Å². The molecule has 1 heterocycles. The second-order valence-corrected chi connectivity index (χ2v) is 10.3. The van der Waals surface area contributed by atoms with E-state index in [0.717, 1.165) is 12.8 Å². The largest absolute Gasteiger partial charge is 0.349 e. The molecule has 0 spiro atoms. The second kappa shape index (κ2) is 8.29. The molecule has 0 bridgehead atoms. The highest BCUT2D eigenvalue weighted by Crippen LogP contribution is 2.47. The fourth-order valence-corrected chi connectivity index (χ4v) is 4.31. The van der Waals surface area contributed by atoms with Crippen LogP contribution in [0.15, 0.2) is 0 Å². The molecule has 1 saturated heterocycles. The number of carbonyl (C=O) groups excluding carboxylic acids is 4. The first-order valence-corrected chi connectivity index (χ1v) is 11.2. The quantitative estimate of drug-likeness (QED) is 0.500. The molecule has 168 valence electrons. The van der Waals surface area contributed by atoms with Gasteiger partial charge in [-0.3, -0.25) is 19.2 Å². The Balaban J connectivity index is 1.67. The van der Waals surface area contributed by atoms with Crippen LogP contribution in [0.5, 0.6) is 0 Å². The SMILES string of the molecule is CC[C@H]1C[C@]1(NC(=O)[C@@H]1CCCN1C(=O)[C@@H](N)C(C)(C)C)C(=O)C(=O)NCC1CC1. The van der Waals surface area contributed by atoms with Crippen molar-refractivity contribution in [1.82, 2.24) is 15.5 Å². The summed E-state index contributed by atoms with van der Waals surface area (Å²) in [4.78, 5) is 52.9. The molecule has 0 aromatic rings. The van der Waals surface area contributed by atoms with Crippen LogP contribution in [0, 0.1) is 17.3 Å². The summed E-state index contributed by atoms with van der Waals surface area (Å²) >= 11 is 0. The second-order valence-electron chi connectivity index (χ2n) is 10.3. The molecule has 3 rings (SSSR count). The number of Topliss-reactive ketones (excluding diaryl/α,β-unsaturated/α-hetero) is 1. The van der Waals surface area contributed by atoms with Crippen molar-refractivity contribution in [3.8, 4) is 0 Å². The predicted molar refractivity (Wildman–Crippen MR) is 112 cm³/mol. The number of amides is 3. The summed E-state index contributed by atoms with van der Waals surface area (Å²) < 4.78 is 0. The molecule has 3 amide bonds. The summed E-state index contributed by atoms with van der Waals surface area (Å²) in [5.74, 6) is -1.37. The maximum atomic E-state index is 13.1. The number of rotatable bonds is 8. The van der Waals surface area contributed by atoms with E-state index < -0.39 is 34.7 Å². The molecular formula is C22H36N4O4. The monoisotopic (exact) mass is 420 g/mol. The Bertz CT molecular complexity index is 727. The minimum Gasteiger partial charge on any atom is -0.349 e. The van der Waals surface area contributed by atoms with E-state index >= 15 is 0 Å². The van der Waals surface area contributed by atoms with Crippen LogP contribution in [-0.2, 0) is 19.2 Å². The highest BCUT2D eigenvalue weighted by Gasteiger charge is 2.62. The van der Waals surface area contributed by atoms with E-state index in [2.05, 4.69) is 10.6 Å². The number of likely N-dealkylation sites (tertiary alicyclic amines) is 1. The molecule has 8 nitrogen and oxygen atoms in total. The van der Waals surface area contributed by atoms with Crippen molar-refractivity contribution in [3.05, 3.63) is 0 Å². The minimum absolute atomic E-state index is 0.0528. The van der Waals surface area contributed by atoms with Gasteiger partial charge in [0.1, 0.15) is 11.6 Å². The Morgan fingerprint density at radius 3 is 2.37 bits per heavy atom. The summed E-state index contributed by atoms with van der Waals surface area (Å²) in [6.07, 6.45) is 4.56. The van der Waals surface area contributed by atoms with Gasteiger partial charge in [0.15, 0.2) is 0 Å². The van der Waals surface area contributed by atoms with E-state index in [1.807, 2.05) is 27.7 Å². The molecule has 0 aromatic carbocycles. The van der Waals surface area contributed by atoms with Gasteiger partial charge in [-0.15, -0.1) is 0 Å². The highest BCUT2D eigenvalue weighted by atomic mass is 16.2. The molecule has 0 radical (unpaired) electrons. The number of nitrogens with zero attached hydrogens (tertiary/aromatic N) is 1. The molecule has 0 aromatic heterocycles. The van der Waals surface area contributed by atoms with Gasteiger partial charge in [0.2, 0.25) is 17.6 Å². The summed E-state index contributed by atoms with van der Waals surface area (Å²) in [5.41, 5.74) is 4.59. The normalized spacial score (nSPS) is 29.3. The number of ketones is 1. The topological polar surface area (TPSA) is 122 Å². The summed E-state index contributed by atoms with van der Waals surface area (Å²) in [6.45, 7) is 8.61. The lowest BCUT2D eigenvalue weighted by molar-refractivity contribution is -0.144. The zero-order valence-electron chi connectivity index (χ0n) is 18.6. The predicted octanol–water partition coefficient (Wildman–Crippen LogP) is 0.731. The number of nitrogens with one attached hydrogen (secondary N) is 2. The third-order valence-corrected chi connectivity index (χ3v) is 6.84. The standard InChI is InChI=1S/C22H36N4O4/c1-5-14-11-22(14,17(27)19(29)24-12-13-8-9-13)25-18(28)15-7-6-10-26(15)20(30)16(23)21(2,3)4/h13-16H,5-12,23H2,1-4H3,(H,24,29)(H,25,28)/t14-,15-,16+,22+/m0/s1. The Kier molecular flexibility index (Phi) is 6.28. The molecule has 2 saturated carbocycles. The Morgan fingerprint density at radius 1 is 1.17 bits per heavy atom. The third-order valence-electron chi connectivity index (χ3n) is 6.84. The number of hydrogen-bond acceptors (Lipinski definition) is 5. The maximum absolute atomic E-state index is 13.1. The van der Waals surface area contributed by atoms with Crippen LogP contribution in [0.2, 0.25) is 0 Å². The van der Waals surface area contributed by atoms with Crippen molar-refractivity contribution in [2.24, 2.45) is 23.0 Å². The molecule has 2 aliphatic carbocycles. The van der Waals surface area contributed by atoms with Gasteiger partial charge < -0.3 is 21.3 Å². The molecule has 3 aliphatic rings. The van der Waals surface area contributed by atoms with Crippen LogP contribution in [0.3, 0.4) is 0 Å². The van der Waals surface area contributed by atoms with Gasteiger partial charge in [-0.25, -0.2) is 0 Å². The van der Waals surface area contributed by atoms with E-state index in [9.17, 15) is 19.2 Å². The highest BCUT2D eigenvalue weighted by molar-refractivity contribution is 6.41. The first-order valence-electron chi connectivity index (χ1n) is 11.2.